The molecule has 10 nitrogen and oxygen atoms in total. The zero-order chi connectivity index (χ0) is 26.8. The number of ether oxygens (including phenoxy) is 2. The Morgan fingerprint density at radius 1 is 1.08 bits per heavy atom. The van der Waals surface area contributed by atoms with E-state index in [4.69, 9.17) is 20.2 Å². The number of carbonyl (C=O) groups excluding carboxylic acids is 1. The molecule has 0 spiro atoms. The van der Waals surface area contributed by atoms with Gasteiger partial charge in [0.15, 0.2) is 33.6 Å². The van der Waals surface area contributed by atoms with E-state index in [0.29, 0.717) is 47.5 Å². The lowest BCUT2D eigenvalue weighted by molar-refractivity contribution is -0.121. The Morgan fingerprint density at radius 3 is 2.87 bits per heavy atom. The molecule has 1 amide bonds. The fourth-order valence-electron chi connectivity index (χ4n) is 4.39. The first kappa shape index (κ1) is 25.3. The predicted molar refractivity (Wildman–Crippen MR) is 154 cm³/mol. The monoisotopic (exact) mass is 605 g/mol. The third kappa shape index (κ3) is 5.17. The molecule has 3 heterocycles. The third-order valence-electron chi connectivity index (χ3n) is 6.28. The van der Waals surface area contributed by atoms with Crippen LogP contribution in [0.5, 0.6) is 11.5 Å². The molecule has 12 heteroatoms. The van der Waals surface area contributed by atoms with E-state index < -0.39 is 0 Å². The van der Waals surface area contributed by atoms with Crippen molar-refractivity contribution in [1.29, 1.82) is 0 Å². The van der Waals surface area contributed by atoms with Crippen LogP contribution in [0.15, 0.2) is 75.4 Å². The number of aromatic nitrogens is 4. The summed E-state index contributed by atoms with van der Waals surface area (Å²) in [5.74, 6) is 1.55. The Kier molecular flexibility index (Phi) is 7.12. The van der Waals surface area contributed by atoms with Crippen molar-refractivity contribution in [3.8, 4) is 11.5 Å². The molecule has 0 aliphatic carbocycles. The molecule has 0 radical (unpaired) electrons. The van der Waals surface area contributed by atoms with Crippen molar-refractivity contribution in [2.45, 2.75) is 23.0 Å². The lowest BCUT2D eigenvalue weighted by atomic mass is 10.1. The van der Waals surface area contributed by atoms with Crippen molar-refractivity contribution in [1.82, 2.24) is 24.8 Å². The maximum Gasteiger partial charge on any atom is 0.231 e. The quantitative estimate of drug-likeness (QED) is 0.202. The van der Waals surface area contributed by atoms with Gasteiger partial charge in [-0.15, -0.1) is 0 Å². The number of nitrogen functional groups attached to an aromatic ring is 1. The van der Waals surface area contributed by atoms with Crippen molar-refractivity contribution >= 4 is 67.0 Å². The highest BCUT2D eigenvalue weighted by Crippen LogP contribution is 2.46. The first-order chi connectivity index (χ1) is 19.1. The highest BCUT2D eigenvalue weighted by atomic mass is 79.9. The Hall–Kier alpha value is -4.03. The summed E-state index contributed by atoms with van der Waals surface area (Å²) in [7, 11) is 0. The van der Waals surface area contributed by atoms with Crippen LogP contribution >= 0.6 is 27.7 Å². The number of nitrogens with one attached hydrogen (secondary N) is 2. The number of nitrogens with two attached hydrogens (primary N) is 1. The van der Waals surface area contributed by atoms with Crippen LogP contribution in [0.3, 0.4) is 0 Å². The van der Waals surface area contributed by atoms with Gasteiger partial charge in [-0.25, -0.2) is 15.0 Å². The van der Waals surface area contributed by atoms with Crippen molar-refractivity contribution < 1.29 is 14.3 Å². The molecular formula is C27H24BrN7O3S. The van der Waals surface area contributed by atoms with Crippen LogP contribution in [-0.4, -0.2) is 45.3 Å². The van der Waals surface area contributed by atoms with Crippen LogP contribution in [0, 0.1) is 0 Å². The van der Waals surface area contributed by atoms with Gasteiger partial charge < -0.3 is 30.4 Å². The number of fused-ring (bicyclic) bond motifs is 3. The van der Waals surface area contributed by atoms with Gasteiger partial charge >= 0.3 is 0 Å². The number of hydrogen-bond donors (Lipinski definition) is 3. The largest absolute Gasteiger partial charge is 0.454 e. The molecular weight excluding hydrogens is 582 g/mol. The van der Waals surface area contributed by atoms with E-state index in [9.17, 15) is 4.79 Å². The number of rotatable bonds is 9. The van der Waals surface area contributed by atoms with Gasteiger partial charge in [0.05, 0.1) is 4.47 Å². The molecule has 5 aromatic rings. The molecule has 198 valence electrons. The minimum absolute atomic E-state index is 0.0705. The number of carbonyl (C=O) groups is 1. The second kappa shape index (κ2) is 11.0. The van der Waals surface area contributed by atoms with Crippen LogP contribution < -0.4 is 25.8 Å². The number of amides is 1. The van der Waals surface area contributed by atoms with Crippen LogP contribution in [0.25, 0.3) is 21.9 Å². The summed E-state index contributed by atoms with van der Waals surface area (Å²) in [6, 6.07) is 18.1. The van der Waals surface area contributed by atoms with Crippen LogP contribution in [0.2, 0.25) is 0 Å². The average Bonchev–Trinajstić information content (AvgIpc) is 3.57. The summed E-state index contributed by atoms with van der Waals surface area (Å²) in [6.07, 6.45) is 1.65. The SMILES string of the molecule is Nc1ncnc2c1nc(Sc1ccc3c(c1Br)OCO3)n2CCC(=O)NCCNc1cccc2ccccc12. The van der Waals surface area contributed by atoms with Crippen LogP contribution in [0.4, 0.5) is 11.5 Å². The summed E-state index contributed by atoms with van der Waals surface area (Å²) in [6.45, 7) is 1.66. The number of benzene rings is 3. The van der Waals surface area contributed by atoms with E-state index in [1.807, 2.05) is 41.0 Å². The second-order valence-electron chi connectivity index (χ2n) is 8.74. The molecule has 6 rings (SSSR count). The van der Waals surface area contributed by atoms with Gasteiger partial charge in [0.2, 0.25) is 12.7 Å². The fraction of sp³-hybridized carbons (Fsp3) is 0.185. The molecule has 39 heavy (non-hydrogen) atoms. The summed E-state index contributed by atoms with van der Waals surface area (Å²) >= 11 is 5.03. The highest BCUT2D eigenvalue weighted by Gasteiger charge is 2.22. The van der Waals surface area contributed by atoms with Crippen molar-refractivity contribution in [2.24, 2.45) is 0 Å². The predicted octanol–water partition coefficient (Wildman–Crippen LogP) is 4.82. The van der Waals surface area contributed by atoms with Crippen LogP contribution in [0.1, 0.15) is 6.42 Å². The number of anilines is 2. The zero-order valence-electron chi connectivity index (χ0n) is 20.7. The van der Waals surface area contributed by atoms with E-state index in [2.05, 4.69) is 54.7 Å². The van der Waals surface area contributed by atoms with E-state index in [0.717, 1.165) is 20.4 Å². The van der Waals surface area contributed by atoms with Crippen molar-refractivity contribution in [3.63, 3.8) is 0 Å². The highest BCUT2D eigenvalue weighted by molar-refractivity contribution is 9.10. The zero-order valence-corrected chi connectivity index (χ0v) is 23.1. The smallest absolute Gasteiger partial charge is 0.231 e. The summed E-state index contributed by atoms with van der Waals surface area (Å²) in [4.78, 5) is 26.8. The molecule has 0 saturated carbocycles. The normalized spacial score (nSPS) is 12.2. The molecule has 0 bridgehead atoms. The van der Waals surface area contributed by atoms with E-state index in [1.165, 1.54) is 23.5 Å². The second-order valence-corrected chi connectivity index (χ2v) is 10.5. The molecule has 0 atom stereocenters. The molecule has 1 aliphatic rings. The fourth-order valence-corrected chi connectivity index (χ4v) is 6.02. The Balaban J connectivity index is 1.12. The standard InChI is InChI=1S/C27H24BrN7O3S/c28-22-20(9-8-19-24(22)38-15-37-19)39-27-34-23-25(29)32-14-33-26(23)35(27)13-10-21(36)31-12-11-30-18-7-3-5-16-4-1-2-6-17(16)18/h1-9,14,30H,10-13,15H2,(H,31,36)(H2,29,32,33). The van der Waals surface area contributed by atoms with Gasteiger partial charge in [0, 0.05) is 42.0 Å². The van der Waals surface area contributed by atoms with E-state index in [-0.39, 0.29) is 24.9 Å². The third-order valence-corrected chi connectivity index (χ3v) is 8.39. The van der Waals surface area contributed by atoms with Crippen molar-refractivity contribution in [2.75, 3.05) is 30.9 Å². The summed E-state index contributed by atoms with van der Waals surface area (Å²) in [5.41, 5.74) is 8.20. The average molecular weight is 607 g/mol. The minimum atomic E-state index is -0.0705. The maximum absolute atomic E-state index is 12.7. The first-order valence-corrected chi connectivity index (χ1v) is 13.9. The number of nitrogens with zero attached hydrogens (tertiary/aromatic N) is 4. The molecule has 3 aromatic carbocycles. The molecule has 2 aromatic heterocycles. The van der Waals surface area contributed by atoms with Gasteiger partial charge in [0.25, 0.3) is 0 Å². The van der Waals surface area contributed by atoms with E-state index in [1.54, 1.807) is 0 Å². The molecule has 0 unspecified atom stereocenters. The molecule has 0 saturated heterocycles. The first-order valence-electron chi connectivity index (χ1n) is 12.3. The maximum atomic E-state index is 12.7. The van der Waals surface area contributed by atoms with Crippen molar-refractivity contribution in [3.05, 3.63) is 65.4 Å². The minimum Gasteiger partial charge on any atom is -0.454 e. The number of halogens is 1. The van der Waals surface area contributed by atoms with Gasteiger partial charge in [-0.05, 0) is 39.5 Å². The summed E-state index contributed by atoms with van der Waals surface area (Å²) < 4.78 is 13.7. The van der Waals surface area contributed by atoms with Gasteiger partial charge in [-0.2, -0.15) is 0 Å². The summed E-state index contributed by atoms with van der Waals surface area (Å²) in [5, 5.41) is 9.37. The van der Waals surface area contributed by atoms with Gasteiger partial charge in [-0.1, -0.05) is 48.2 Å². The van der Waals surface area contributed by atoms with Gasteiger partial charge in [0.1, 0.15) is 6.33 Å². The lowest BCUT2D eigenvalue weighted by Gasteiger charge is -2.12. The van der Waals surface area contributed by atoms with E-state index >= 15 is 0 Å². The number of aryl methyl sites for hydroxylation is 1. The Morgan fingerprint density at radius 2 is 1.95 bits per heavy atom. The number of hydrogen-bond acceptors (Lipinski definition) is 9. The number of imidazole rings is 1. The molecule has 4 N–H and O–H groups in total. The lowest BCUT2D eigenvalue weighted by Crippen LogP contribution is -2.29. The molecule has 0 fully saturated rings. The van der Waals surface area contributed by atoms with Crippen LogP contribution in [-0.2, 0) is 11.3 Å². The topological polar surface area (TPSA) is 129 Å². The Bertz CT molecular complexity index is 1690. The van der Waals surface area contributed by atoms with Gasteiger partial charge in [-0.3, -0.25) is 4.79 Å². The Labute approximate surface area is 236 Å². The molecule has 1 aliphatic heterocycles.